The van der Waals surface area contributed by atoms with E-state index in [0.717, 1.165) is 5.56 Å². The predicted molar refractivity (Wildman–Crippen MR) is 115 cm³/mol. The lowest BCUT2D eigenvalue weighted by molar-refractivity contribution is 0.253. The first-order valence-electron chi connectivity index (χ1n) is 9.40. The third kappa shape index (κ3) is 6.24. The highest BCUT2D eigenvalue weighted by atomic mass is 32.2. The molecule has 0 heterocycles. The van der Waals surface area contributed by atoms with Gasteiger partial charge in [0.2, 0.25) is 10.0 Å². The Kier molecular flexibility index (Phi) is 7.38. The van der Waals surface area contributed by atoms with Crippen molar-refractivity contribution in [2.24, 2.45) is 5.92 Å². The molecule has 3 aromatic carbocycles. The summed E-state index contributed by atoms with van der Waals surface area (Å²) in [4.78, 5) is 0.217. The number of sulfonamides is 1. The zero-order valence-electron chi connectivity index (χ0n) is 16.2. The smallest absolute Gasteiger partial charge is 0.266 e. The van der Waals surface area contributed by atoms with E-state index in [9.17, 15) is 16.8 Å². The maximum atomic E-state index is 12.5. The molecule has 0 aliphatic rings. The first kappa shape index (κ1) is 22.2. The third-order valence-electron chi connectivity index (χ3n) is 4.47. The molecule has 0 aliphatic heterocycles. The van der Waals surface area contributed by atoms with E-state index in [-0.39, 0.29) is 28.9 Å². The monoisotopic (exact) mass is 445 g/mol. The molecule has 1 N–H and O–H groups in total. The largest absolute Gasteiger partial charge is 0.296 e. The van der Waals surface area contributed by atoms with Gasteiger partial charge in [-0.25, -0.2) is 13.1 Å². The molecule has 0 spiro atoms. The summed E-state index contributed by atoms with van der Waals surface area (Å²) < 4.78 is 57.8. The Morgan fingerprint density at radius 2 is 1.20 bits per heavy atom. The highest BCUT2D eigenvalue weighted by molar-refractivity contribution is 7.89. The van der Waals surface area contributed by atoms with E-state index in [1.54, 1.807) is 36.4 Å². The minimum absolute atomic E-state index is 0.0381. The highest BCUT2D eigenvalue weighted by Gasteiger charge is 2.21. The van der Waals surface area contributed by atoms with Crippen LogP contribution in [0, 0.1) is 5.92 Å². The minimum atomic E-state index is -3.93. The second-order valence-electron chi connectivity index (χ2n) is 6.77. The Morgan fingerprint density at radius 3 is 1.77 bits per heavy atom. The molecule has 0 fully saturated rings. The van der Waals surface area contributed by atoms with Gasteiger partial charge in [-0.1, -0.05) is 66.7 Å². The van der Waals surface area contributed by atoms with Crippen LogP contribution in [0.2, 0.25) is 0 Å². The minimum Gasteiger partial charge on any atom is -0.266 e. The van der Waals surface area contributed by atoms with E-state index in [1.807, 2.05) is 30.3 Å². The molecule has 0 saturated carbocycles. The fraction of sp³-hybridized carbons (Fsp3) is 0.182. The van der Waals surface area contributed by atoms with Crippen molar-refractivity contribution in [1.29, 1.82) is 0 Å². The van der Waals surface area contributed by atoms with Crippen LogP contribution in [0.3, 0.4) is 0 Å². The predicted octanol–water partition coefficient (Wildman–Crippen LogP) is 3.23. The molecule has 8 heteroatoms. The van der Waals surface area contributed by atoms with Crippen LogP contribution < -0.4 is 4.72 Å². The normalized spacial score (nSPS) is 13.1. The second-order valence-corrected chi connectivity index (χ2v) is 10.2. The van der Waals surface area contributed by atoms with Crippen LogP contribution in [0.1, 0.15) is 5.56 Å². The Bertz CT molecular complexity index is 1060. The van der Waals surface area contributed by atoms with Gasteiger partial charge in [0.15, 0.2) is 0 Å². The molecular formula is C22H23NO5S2. The van der Waals surface area contributed by atoms with Crippen LogP contribution >= 0.6 is 0 Å². The number of nitrogens with one attached hydrogen (secondary N) is 1. The van der Waals surface area contributed by atoms with Gasteiger partial charge in [0.05, 0.1) is 16.4 Å². The van der Waals surface area contributed by atoms with E-state index in [4.69, 9.17) is 4.18 Å². The first-order chi connectivity index (χ1) is 14.4. The van der Waals surface area contributed by atoms with Crippen LogP contribution in [0.25, 0.3) is 0 Å². The third-order valence-corrected chi connectivity index (χ3v) is 7.21. The molecule has 30 heavy (non-hydrogen) atoms. The molecule has 0 unspecified atom stereocenters. The summed E-state index contributed by atoms with van der Waals surface area (Å²) in [5.74, 6) is -0.385. The van der Waals surface area contributed by atoms with Gasteiger partial charge in [0.1, 0.15) is 0 Å². The molecule has 0 radical (unpaired) electrons. The summed E-state index contributed by atoms with van der Waals surface area (Å²) in [5, 5.41) is 0. The fourth-order valence-corrected chi connectivity index (χ4v) is 5.02. The molecule has 0 saturated heterocycles. The summed E-state index contributed by atoms with van der Waals surface area (Å²) in [6.45, 7) is -0.111. The van der Waals surface area contributed by atoms with E-state index >= 15 is 0 Å². The average Bonchev–Trinajstić information content (AvgIpc) is 2.77. The molecular weight excluding hydrogens is 422 g/mol. The summed E-state index contributed by atoms with van der Waals surface area (Å²) in [7, 11) is -7.64. The first-order valence-corrected chi connectivity index (χ1v) is 12.3. The van der Waals surface area contributed by atoms with E-state index < -0.39 is 20.1 Å². The van der Waals surface area contributed by atoms with Crippen molar-refractivity contribution in [1.82, 2.24) is 4.72 Å². The van der Waals surface area contributed by atoms with Crippen LogP contribution in [0.4, 0.5) is 0 Å². The number of rotatable bonds is 10. The van der Waals surface area contributed by atoms with Crippen molar-refractivity contribution in [3.63, 3.8) is 0 Å². The maximum Gasteiger partial charge on any atom is 0.296 e. The Morgan fingerprint density at radius 1 is 0.700 bits per heavy atom. The summed E-state index contributed by atoms with van der Waals surface area (Å²) in [6.07, 6.45) is 0.461. The van der Waals surface area contributed by atoms with Crippen LogP contribution in [0.5, 0.6) is 0 Å². The zero-order chi connectivity index (χ0) is 21.5. The van der Waals surface area contributed by atoms with Gasteiger partial charge in [0, 0.05) is 12.5 Å². The van der Waals surface area contributed by atoms with E-state index in [1.165, 1.54) is 24.3 Å². The Balaban J connectivity index is 1.72. The number of hydrogen-bond donors (Lipinski definition) is 1. The average molecular weight is 446 g/mol. The van der Waals surface area contributed by atoms with E-state index in [2.05, 4.69) is 4.72 Å². The van der Waals surface area contributed by atoms with Gasteiger partial charge in [-0.2, -0.15) is 8.42 Å². The van der Waals surface area contributed by atoms with Gasteiger partial charge < -0.3 is 0 Å². The van der Waals surface area contributed by atoms with Crippen LogP contribution in [-0.2, 0) is 30.7 Å². The SMILES string of the molecule is O=S(=O)(NC[C@@H](COS(=O)(=O)c1ccccc1)Cc1ccccc1)c1ccccc1. The Labute approximate surface area is 177 Å². The Hall–Kier alpha value is -2.52. The van der Waals surface area contributed by atoms with Gasteiger partial charge in [0.25, 0.3) is 10.1 Å². The lowest BCUT2D eigenvalue weighted by Crippen LogP contribution is -2.33. The van der Waals surface area contributed by atoms with Gasteiger partial charge in [-0.3, -0.25) is 4.18 Å². The van der Waals surface area contributed by atoms with Crippen molar-refractivity contribution in [2.75, 3.05) is 13.2 Å². The standard InChI is InChI=1S/C22H23NO5S2/c24-29(25,21-12-6-2-7-13-21)23-17-20(16-19-10-4-1-5-11-19)18-28-30(26,27)22-14-8-3-9-15-22/h1-15,20,23H,16-18H2/t20-/m0/s1. The molecule has 0 bridgehead atoms. The van der Waals surface area contributed by atoms with Crippen molar-refractivity contribution >= 4 is 20.1 Å². The molecule has 0 aromatic heterocycles. The summed E-state index contributed by atoms with van der Waals surface area (Å²) in [5.41, 5.74) is 0.960. The van der Waals surface area contributed by atoms with Crippen LogP contribution in [0.15, 0.2) is 101 Å². The van der Waals surface area contributed by atoms with Gasteiger partial charge in [-0.05, 0) is 36.2 Å². The second kappa shape index (κ2) is 9.99. The lowest BCUT2D eigenvalue weighted by atomic mass is 10.0. The summed E-state index contributed by atoms with van der Waals surface area (Å²) >= 11 is 0. The van der Waals surface area contributed by atoms with Crippen molar-refractivity contribution in [3.05, 3.63) is 96.6 Å². The molecule has 0 amide bonds. The molecule has 0 aliphatic carbocycles. The van der Waals surface area contributed by atoms with Gasteiger partial charge >= 0.3 is 0 Å². The summed E-state index contributed by atoms with van der Waals surface area (Å²) in [6, 6.07) is 25.4. The molecule has 3 aromatic rings. The number of benzene rings is 3. The van der Waals surface area contributed by atoms with Crippen LogP contribution in [-0.4, -0.2) is 30.0 Å². The van der Waals surface area contributed by atoms with Crippen molar-refractivity contribution in [2.45, 2.75) is 16.2 Å². The topological polar surface area (TPSA) is 89.5 Å². The fourth-order valence-electron chi connectivity index (χ4n) is 2.89. The molecule has 158 valence electrons. The lowest BCUT2D eigenvalue weighted by Gasteiger charge is -2.18. The van der Waals surface area contributed by atoms with Gasteiger partial charge in [-0.15, -0.1) is 0 Å². The maximum absolute atomic E-state index is 12.5. The quantitative estimate of drug-likeness (QED) is 0.484. The van der Waals surface area contributed by atoms with E-state index in [0.29, 0.717) is 6.42 Å². The highest BCUT2D eigenvalue weighted by Crippen LogP contribution is 2.16. The van der Waals surface area contributed by atoms with Crippen molar-refractivity contribution < 1.29 is 21.0 Å². The molecule has 6 nitrogen and oxygen atoms in total. The van der Waals surface area contributed by atoms with Crippen molar-refractivity contribution in [3.8, 4) is 0 Å². The number of hydrogen-bond acceptors (Lipinski definition) is 5. The molecule has 1 atom stereocenters. The zero-order valence-corrected chi connectivity index (χ0v) is 17.8. The molecule has 3 rings (SSSR count).